The van der Waals surface area contributed by atoms with Gasteiger partial charge in [0.15, 0.2) is 0 Å². The third kappa shape index (κ3) is 1.99. The van der Waals surface area contributed by atoms with Crippen LogP contribution in [0.4, 0.5) is 5.69 Å². The van der Waals surface area contributed by atoms with Crippen LogP contribution in [-0.2, 0) is 4.79 Å². The van der Waals surface area contributed by atoms with E-state index in [-0.39, 0.29) is 11.9 Å². The van der Waals surface area contributed by atoms with E-state index in [1.807, 2.05) is 13.0 Å². The van der Waals surface area contributed by atoms with Crippen LogP contribution >= 0.6 is 0 Å². The monoisotopic (exact) mass is 220 g/mol. The molecule has 1 atom stereocenters. The number of rotatable bonds is 2. The molecule has 1 unspecified atom stereocenters. The highest BCUT2D eigenvalue weighted by molar-refractivity contribution is 5.84. The fraction of sp³-hybridized carbons (Fsp3) is 0.455. The molecule has 3 N–H and O–H groups in total. The maximum atomic E-state index is 11.4. The standard InChI is InChI=1S/C11H16N4O/c1-8-6-13-3-2-9(8)15-5-4-14-7-10(15)11(12)16/h2-3,6,10,14H,4-5,7H2,1H3,(H2,12,16). The molecule has 1 aliphatic rings. The minimum Gasteiger partial charge on any atom is -0.368 e. The number of pyridine rings is 1. The molecule has 16 heavy (non-hydrogen) atoms. The van der Waals surface area contributed by atoms with Crippen molar-refractivity contribution in [3.63, 3.8) is 0 Å². The molecule has 1 aromatic heterocycles. The molecule has 1 fully saturated rings. The summed E-state index contributed by atoms with van der Waals surface area (Å²) >= 11 is 0. The number of amides is 1. The molecule has 1 aliphatic heterocycles. The van der Waals surface area contributed by atoms with Gasteiger partial charge in [-0.1, -0.05) is 0 Å². The number of carbonyl (C=O) groups excluding carboxylic acids is 1. The number of nitrogens with zero attached hydrogens (tertiary/aromatic N) is 2. The first-order valence-electron chi connectivity index (χ1n) is 5.37. The van der Waals surface area contributed by atoms with Crippen LogP contribution in [0.15, 0.2) is 18.5 Å². The van der Waals surface area contributed by atoms with Crippen molar-refractivity contribution in [3.8, 4) is 0 Å². The van der Waals surface area contributed by atoms with E-state index < -0.39 is 0 Å². The lowest BCUT2D eigenvalue weighted by atomic mass is 10.1. The second-order valence-electron chi connectivity index (χ2n) is 3.98. The van der Waals surface area contributed by atoms with Crippen molar-refractivity contribution in [3.05, 3.63) is 24.0 Å². The Morgan fingerprint density at radius 3 is 3.19 bits per heavy atom. The summed E-state index contributed by atoms with van der Waals surface area (Å²) in [5.74, 6) is -0.289. The maximum Gasteiger partial charge on any atom is 0.241 e. The minimum absolute atomic E-state index is 0.269. The zero-order chi connectivity index (χ0) is 11.5. The van der Waals surface area contributed by atoms with Crippen molar-refractivity contribution in [2.75, 3.05) is 24.5 Å². The van der Waals surface area contributed by atoms with Crippen LogP contribution in [0.2, 0.25) is 0 Å². The van der Waals surface area contributed by atoms with Gasteiger partial charge >= 0.3 is 0 Å². The number of piperazine rings is 1. The number of carbonyl (C=O) groups is 1. The fourth-order valence-corrected chi connectivity index (χ4v) is 2.04. The van der Waals surface area contributed by atoms with E-state index >= 15 is 0 Å². The summed E-state index contributed by atoms with van der Waals surface area (Å²) in [6, 6.07) is 1.66. The zero-order valence-corrected chi connectivity index (χ0v) is 9.31. The normalized spacial score (nSPS) is 20.8. The number of primary amides is 1. The van der Waals surface area contributed by atoms with E-state index in [0.717, 1.165) is 24.3 Å². The van der Waals surface area contributed by atoms with Gasteiger partial charge in [0.05, 0.1) is 0 Å². The van der Waals surface area contributed by atoms with Crippen molar-refractivity contribution in [1.29, 1.82) is 0 Å². The van der Waals surface area contributed by atoms with Gasteiger partial charge in [-0.3, -0.25) is 9.78 Å². The highest BCUT2D eigenvalue weighted by Gasteiger charge is 2.27. The Bertz CT molecular complexity index is 393. The Kier molecular flexibility index (Phi) is 3.05. The maximum absolute atomic E-state index is 11.4. The summed E-state index contributed by atoms with van der Waals surface area (Å²) < 4.78 is 0. The molecule has 2 heterocycles. The van der Waals surface area contributed by atoms with Crippen LogP contribution < -0.4 is 16.0 Å². The Morgan fingerprint density at radius 1 is 1.69 bits per heavy atom. The summed E-state index contributed by atoms with van der Waals surface area (Å²) in [5, 5.41) is 3.18. The number of aryl methyl sites for hydroxylation is 1. The Morgan fingerprint density at radius 2 is 2.50 bits per heavy atom. The van der Waals surface area contributed by atoms with Gasteiger partial charge in [-0.25, -0.2) is 0 Å². The molecule has 0 bridgehead atoms. The van der Waals surface area contributed by atoms with Crippen molar-refractivity contribution in [2.24, 2.45) is 5.73 Å². The molecule has 0 aliphatic carbocycles. The number of anilines is 1. The molecule has 0 aromatic carbocycles. The summed E-state index contributed by atoms with van der Waals surface area (Å²) in [4.78, 5) is 17.5. The lowest BCUT2D eigenvalue weighted by molar-refractivity contribution is -0.119. The molecular formula is C11H16N4O. The van der Waals surface area contributed by atoms with Crippen LogP contribution in [0.1, 0.15) is 5.56 Å². The lowest BCUT2D eigenvalue weighted by Crippen LogP contribution is -2.57. The van der Waals surface area contributed by atoms with Gasteiger partial charge in [0.2, 0.25) is 5.91 Å². The first-order valence-corrected chi connectivity index (χ1v) is 5.37. The highest BCUT2D eigenvalue weighted by Crippen LogP contribution is 2.21. The number of nitrogens with one attached hydrogen (secondary N) is 1. The second-order valence-corrected chi connectivity index (χ2v) is 3.98. The van der Waals surface area contributed by atoms with Crippen molar-refractivity contribution in [1.82, 2.24) is 10.3 Å². The van der Waals surface area contributed by atoms with Crippen LogP contribution in [0, 0.1) is 6.92 Å². The topological polar surface area (TPSA) is 71.2 Å². The van der Waals surface area contributed by atoms with E-state index in [4.69, 9.17) is 5.73 Å². The zero-order valence-electron chi connectivity index (χ0n) is 9.31. The molecular weight excluding hydrogens is 204 g/mol. The second kappa shape index (κ2) is 4.49. The predicted octanol–water partition coefficient (Wildman–Crippen LogP) is -0.346. The molecule has 0 radical (unpaired) electrons. The number of hydrogen-bond acceptors (Lipinski definition) is 4. The van der Waals surface area contributed by atoms with Gasteiger partial charge in [0, 0.05) is 37.7 Å². The smallest absolute Gasteiger partial charge is 0.241 e. The molecule has 1 saturated heterocycles. The minimum atomic E-state index is -0.289. The summed E-state index contributed by atoms with van der Waals surface area (Å²) in [6.07, 6.45) is 3.54. The van der Waals surface area contributed by atoms with E-state index in [1.165, 1.54) is 0 Å². The third-order valence-corrected chi connectivity index (χ3v) is 2.87. The SMILES string of the molecule is Cc1cnccc1N1CCNCC1C(N)=O. The number of nitrogens with two attached hydrogens (primary N) is 1. The summed E-state index contributed by atoms with van der Waals surface area (Å²) in [5.41, 5.74) is 7.52. The number of aromatic nitrogens is 1. The summed E-state index contributed by atoms with van der Waals surface area (Å²) in [6.45, 7) is 4.25. The van der Waals surface area contributed by atoms with Gasteiger partial charge < -0.3 is 16.0 Å². The lowest BCUT2D eigenvalue weighted by Gasteiger charge is -2.36. The van der Waals surface area contributed by atoms with Gasteiger partial charge in [0.1, 0.15) is 6.04 Å². The molecule has 1 amide bonds. The van der Waals surface area contributed by atoms with Crippen molar-refractivity contribution in [2.45, 2.75) is 13.0 Å². The Balaban J connectivity index is 2.30. The Hall–Kier alpha value is -1.62. The molecule has 1 aromatic rings. The fourth-order valence-electron chi connectivity index (χ4n) is 2.04. The van der Waals surface area contributed by atoms with E-state index in [1.54, 1.807) is 12.4 Å². The highest BCUT2D eigenvalue weighted by atomic mass is 16.1. The first kappa shape index (κ1) is 10.9. The molecule has 5 heteroatoms. The van der Waals surface area contributed by atoms with E-state index in [2.05, 4.69) is 15.2 Å². The molecule has 0 spiro atoms. The number of hydrogen-bond donors (Lipinski definition) is 2. The third-order valence-electron chi connectivity index (χ3n) is 2.87. The first-order chi connectivity index (χ1) is 7.70. The average Bonchev–Trinajstić information content (AvgIpc) is 2.29. The van der Waals surface area contributed by atoms with Gasteiger partial charge in [-0.2, -0.15) is 0 Å². The average molecular weight is 220 g/mol. The van der Waals surface area contributed by atoms with Crippen LogP contribution in [0.5, 0.6) is 0 Å². The van der Waals surface area contributed by atoms with Crippen LogP contribution in [0.25, 0.3) is 0 Å². The van der Waals surface area contributed by atoms with Crippen molar-refractivity contribution < 1.29 is 4.79 Å². The molecule has 2 rings (SSSR count). The Labute approximate surface area is 94.6 Å². The quantitative estimate of drug-likeness (QED) is 0.715. The largest absolute Gasteiger partial charge is 0.368 e. The van der Waals surface area contributed by atoms with Crippen LogP contribution in [-0.4, -0.2) is 36.6 Å². The molecule has 0 saturated carbocycles. The van der Waals surface area contributed by atoms with Crippen molar-refractivity contribution >= 4 is 11.6 Å². The molecule has 86 valence electrons. The van der Waals surface area contributed by atoms with Gasteiger partial charge in [0.25, 0.3) is 0 Å². The van der Waals surface area contributed by atoms with E-state index in [9.17, 15) is 4.79 Å². The van der Waals surface area contributed by atoms with E-state index in [0.29, 0.717) is 6.54 Å². The van der Waals surface area contributed by atoms with Gasteiger partial charge in [-0.05, 0) is 18.6 Å². The van der Waals surface area contributed by atoms with Crippen LogP contribution in [0.3, 0.4) is 0 Å². The predicted molar refractivity (Wildman–Crippen MR) is 62.2 cm³/mol. The summed E-state index contributed by atoms with van der Waals surface area (Å²) in [7, 11) is 0. The molecule has 5 nitrogen and oxygen atoms in total. The van der Waals surface area contributed by atoms with Gasteiger partial charge in [-0.15, -0.1) is 0 Å².